The van der Waals surface area contributed by atoms with Gasteiger partial charge in [-0.05, 0) is 28.5 Å². The summed E-state index contributed by atoms with van der Waals surface area (Å²) >= 11 is 0. The zero-order chi connectivity index (χ0) is 17.2. The summed E-state index contributed by atoms with van der Waals surface area (Å²) in [4.78, 5) is -0.435. The molecule has 0 fully saturated rings. The molecular weight excluding hydrogens is 329 g/mol. The number of rotatable bonds is 5. The number of sulfonamides is 1. The maximum Gasteiger partial charge on any atom is 0.243 e. The molecule has 0 saturated carbocycles. The lowest BCUT2D eigenvalue weighted by Gasteiger charge is -2.15. The van der Waals surface area contributed by atoms with Gasteiger partial charge in [-0.25, -0.2) is 17.5 Å². The van der Waals surface area contributed by atoms with Crippen LogP contribution in [0.25, 0.3) is 10.8 Å². The van der Waals surface area contributed by atoms with Crippen LogP contribution >= 0.6 is 0 Å². The Morgan fingerprint density at radius 3 is 2.42 bits per heavy atom. The lowest BCUT2D eigenvalue weighted by Crippen LogP contribution is -2.29. The van der Waals surface area contributed by atoms with Gasteiger partial charge >= 0.3 is 0 Å². The summed E-state index contributed by atoms with van der Waals surface area (Å²) in [6.07, 6.45) is -1.04. The summed E-state index contributed by atoms with van der Waals surface area (Å²) in [6, 6.07) is 18.1. The Kier molecular flexibility index (Phi) is 4.62. The molecule has 0 aliphatic carbocycles. The van der Waals surface area contributed by atoms with E-state index >= 15 is 0 Å². The highest BCUT2D eigenvalue weighted by Gasteiger charge is 2.20. The summed E-state index contributed by atoms with van der Waals surface area (Å²) in [5.41, 5.74) is 0.615. The maximum atomic E-state index is 13.7. The molecule has 0 heterocycles. The first-order valence-corrected chi connectivity index (χ1v) is 8.87. The fourth-order valence-electron chi connectivity index (χ4n) is 2.58. The van der Waals surface area contributed by atoms with E-state index in [1.54, 1.807) is 12.1 Å². The van der Waals surface area contributed by atoms with Crippen LogP contribution in [0.1, 0.15) is 11.7 Å². The first-order chi connectivity index (χ1) is 11.5. The molecule has 1 atom stereocenters. The third-order valence-electron chi connectivity index (χ3n) is 3.78. The average molecular weight is 345 g/mol. The van der Waals surface area contributed by atoms with Crippen LogP contribution in [0.4, 0.5) is 4.39 Å². The van der Waals surface area contributed by atoms with E-state index < -0.39 is 26.8 Å². The van der Waals surface area contributed by atoms with Crippen molar-refractivity contribution >= 4 is 20.8 Å². The van der Waals surface area contributed by atoms with Crippen LogP contribution in [0.15, 0.2) is 71.6 Å². The van der Waals surface area contributed by atoms with Gasteiger partial charge in [0.25, 0.3) is 0 Å². The topological polar surface area (TPSA) is 66.4 Å². The molecule has 0 aromatic heterocycles. The molecule has 0 aliphatic heterocycles. The molecule has 0 radical (unpaired) electrons. The van der Waals surface area contributed by atoms with Gasteiger partial charge in [0.15, 0.2) is 0 Å². The Balaban J connectivity index is 1.83. The van der Waals surface area contributed by atoms with E-state index in [-0.39, 0.29) is 6.54 Å². The van der Waals surface area contributed by atoms with Crippen LogP contribution in [0.2, 0.25) is 0 Å². The molecule has 0 bridgehead atoms. The number of aliphatic hydroxyl groups is 1. The van der Waals surface area contributed by atoms with Crippen molar-refractivity contribution < 1.29 is 17.9 Å². The van der Waals surface area contributed by atoms with E-state index in [2.05, 4.69) is 4.72 Å². The van der Waals surface area contributed by atoms with E-state index in [0.29, 0.717) is 5.56 Å². The van der Waals surface area contributed by atoms with Crippen molar-refractivity contribution in [3.05, 3.63) is 78.1 Å². The first-order valence-electron chi connectivity index (χ1n) is 7.39. The highest BCUT2D eigenvalue weighted by molar-refractivity contribution is 7.89. The second-order valence-corrected chi connectivity index (χ2v) is 7.10. The SMILES string of the molecule is O=S(=O)(NCC(O)c1cccc2ccccc12)c1ccccc1F. The van der Waals surface area contributed by atoms with Crippen molar-refractivity contribution in [3.63, 3.8) is 0 Å². The third-order valence-corrected chi connectivity index (χ3v) is 5.23. The van der Waals surface area contributed by atoms with Crippen LogP contribution in [0.5, 0.6) is 0 Å². The summed E-state index contributed by atoms with van der Waals surface area (Å²) in [5.74, 6) is -0.829. The van der Waals surface area contributed by atoms with Gasteiger partial charge in [0, 0.05) is 6.54 Å². The van der Waals surface area contributed by atoms with Gasteiger partial charge < -0.3 is 5.11 Å². The standard InChI is InChI=1S/C18H16FNO3S/c19-16-10-3-4-11-18(16)24(22,23)20-12-17(21)15-9-5-7-13-6-1-2-8-14(13)15/h1-11,17,20-21H,12H2. The van der Waals surface area contributed by atoms with E-state index in [4.69, 9.17) is 0 Å². The van der Waals surface area contributed by atoms with Crippen molar-refractivity contribution in [3.8, 4) is 0 Å². The number of hydrogen-bond donors (Lipinski definition) is 2. The Morgan fingerprint density at radius 2 is 1.62 bits per heavy atom. The molecule has 3 aromatic rings. The van der Waals surface area contributed by atoms with E-state index in [1.165, 1.54) is 18.2 Å². The number of aliphatic hydroxyl groups excluding tert-OH is 1. The first kappa shape index (κ1) is 16.6. The van der Waals surface area contributed by atoms with Crippen molar-refractivity contribution in [2.45, 2.75) is 11.0 Å². The largest absolute Gasteiger partial charge is 0.387 e. The van der Waals surface area contributed by atoms with E-state index in [0.717, 1.165) is 16.8 Å². The van der Waals surface area contributed by atoms with Crippen LogP contribution in [-0.4, -0.2) is 20.1 Å². The van der Waals surface area contributed by atoms with E-state index in [1.807, 2.05) is 30.3 Å². The van der Waals surface area contributed by atoms with Crippen LogP contribution in [0.3, 0.4) is 0 Å². The predicted octanol–water partition coefficient (Wildman–Crippen LogP) is 2.99. The van der Waals surface area contributed by atoms with Crippen molar-refractivity contribution in [2.24, 2.45) is 0 Å². The molecule has 6 heteroatoms. The molecule has 4 nitrogen and oxygen atoms in total. The minimum Gasteiger partial charge on any atom is -0.387 e. The Labute approximate surface area is 139 Å². The van der Waals surface area contributed by atoms with Gasteiger partial charge in [0.1, 0.15) is 10.7 Å². The van der Waals surface area contributed by atoms with Gasteiger partial charge in [-0.1, -0.05) is 54.6 Å². The molecular formula is C18H16FNO3S. The smallest absolute Gasteiger partial charge is 0.243 e. The summed E-state index contributed by atoms with van der Waals surface area (Å²) in [5, 5.41) is 12.2. The van der Waals surface area contributed by atoms with Crippen LogP contribution in [0, 0.1) is 5.82 Å². The van der Waals surface area contributed by atoms with Gasteiger partial charge in [-0.2, -0.15) is 0 Å². The second-order valence-electron chi connectivity index (χ2n) is 5.37. The van der Waals surface area contributed by atoms with E-state index in [9.17, 15) is 17.9 Å². The molecule has 0 amide bonds. The fourth-order valence-corrected chi connectivity index (χ4v) is 3.70. The normalized spacial score (nSPS) is 13.1. The zero-order valence-corrected chi connectivity index (χ0v) is 13.5. The Bertz CT molecular complexity index is 967. The average Bonchev–Trinajstić information content (AvgIpc) is 2.59. The van der Waals surface area contributed by atoms with Crippen LogP contribution < -0.4 is 4.72 Å². The van der Waals surface area contributed by atoms with Crippen LogP contribution in [-0.2, 0) is 10.0 Å². The minimum absolute atomic E-state index is 0.245. The second kappa shape index (κ2) is 6.68. The van der Waals surface area contributed by atoms with Crippen molar-refractivity contribution in [1.29, 1.82) is 0 Å². The molecule has 3 aromatic carbocycles. The Hall–Kier alpha value is -2.28. The number of hydrogen-bond acceptors (Lipinski definition) is 3. The number of nitrogens with one attached hydrogen (secondary N) is 1. The monoisotopic (exact) mass is 345 g/mol. The van der Waals surface area contributed by atoms with Crippen molar-refractivity contribution in [2.75, 3.05) is 6.54 Å². The quantitative estimate of drug-likeness (QED) is 0.747. The van der Waals surface area contributed by atoms with Gasteiger partial charge in [0.2, 0.25) is 10.0 Å². The predicted molar refractivity (Wildman–Crippen MR) is 90.5 cm³/mol. The Morgan fingerprint density at radius 1 is 0.958 bits per heavy atom. The lowest BCUT2D eigenvalue weighted by atomic mass is 10.0. The molecule has 2 N–H and O–H groups in total. The van der Waals surface area contributed by atoms with Crippen molar-refractivity contribution in [1.82, 2.24) is 4.72 Å². The fraction of sp³-hybridized carbons (Fsp3) is 0.111. The van der Waals surface area contributed by atoms with Gasteiger partial charge in [0.05, 0.1) is 6.10 Å². The molecule has 3 rings (SSSR count). The summed E-state index contributed by atoms with van der Waals surface area (Å²) in [7, 11) is -4.03. The minimum atomic E-state index is -4.03. The molecule has 24 heavy (non-hydrogen) atoms. The molecule has 124 valence electrons. The molecule has 0 aliphatic rings. The highest BCUT2D eigenvalue weighted by atomic mass is 32.2. The maximum absolute atomic E-state index is 13.7. The zero-order valence-electron chi connectivity index (χ0n) is 12.7. The molecule has 0 spiro atoms. The summed E-state index contributed by atoms with van der Waals surface area (Å²) in [6.45, 7) is -0.245. The lowest BCUT2D eigenvalue weighted by molar-refractivity contribution is 0.183. The highest BCUT2D eigenvalue weighted by Crippen LogP contribution is 2.24. The number of halogens is 1. The number of benzene rings is 3. The van der Waals surface area contributed by atoms with Gasteiger partial charge in [-0.3, -0.25) is 0 Å². The number of fused-ring (bicyclic) bond motifs is 1. The molecule has 0 saturated heterocycles. The van der Waals surface area contributed by atoms with Gasteiger partial charge in [-0.15, -0.1) is 0 Å². The molecule has 1 unspecified atom stereocenters. The summed E-state index contributed by atoms with van der Waals surface area (Å²) < 4.78 is 40.3. The third kappa shape index (κ3) is 3.31.